The normalized spacial score (nSPS) is 10.2. The molecule has 14 heavy (non-hydrogen) atoms. The maximum Gasteiger partial charge on any atom is 0.307 e. The molecule has 0 aliphatic rings. The molecule has 0 atom stereocenters. The van der Waals surface area contributed by atoms with Gasteiger partial charge in [0, 0.05) is 15.9 Å². The van der Waals surface area contributed by atoms with E-state index in [1.807, 2.05) is 0 Å². The van der Waals surface area contributed by atoms with Crippen molar-refractivity contribution in [2.75, 3.05) is 0 Å². The summed E-state index contributed by atoms with van der Waals surface area (Å²) < 4.78 is 13.2. The Labute approximate surface area is 93.8 Å². The number of carbonyl (C=O) groups is 1. The van der Waals surface area contributed by atoms with Gasteiger partial charge >= 0.3 is 5.97 Å². The van der Waals surface area contributed by atoms with Gasteiger partial charge in [-0.05, 0) is 17.7 Å². The van der Waals surface area contributed by atoms with Crippen molar-refractivity contribution in [3.05, 3.63) is 34.1 Å². The number of halogens is 3. The molecule has 1 N–H and O–H groups in total. The molecule has 2 nitrogen and oxygen atoms in total. The van der Waals surface area contributed by atoms with Gasteiger partial charge in [0.25, 0.3) is 0 Å². The van der Waals surface area contributed by atoms with E-state index in [4.69, 9.17) is 16.7 Å². The Kier molecular flexibility index (Phi) is 3.89. The number of carboxylic acids is 1. The number of benzene rings is 1. The highest BCUT2D eigenvalue weighted by Crippen LogP contribution is 2.25. The predicted octanol–water partition coefficient (Wildman–Crippen LogP) is 3.00. The Hall–Kier alpha value is -0.610. The van der Waals surface area contributed by atoms with E-state index in [1.54, 1.807) is 0 Å². The van der Waals surface area contributed by atoms with E-state index in [1.165, 1.54) is 12.1 Å². The first-order valence-corrected chi connectivity index (χ1v) is 5.29. The van der Waals surface area contributed by atoms with Crippen molar-refractivity contribution in [2.45, 2.75) is 11.8 Å². The van der Waals surface area contributed by atoms with Crippen LogP contribution in [-0.4, -0.2) is 11.1 Å². The Bertz CT molecular complexity index is 368. The van der Waals surface area contributed by atoms with E-state index < -0.39 is 11.8 Å². The molecule has 0 amide bonds. The molecule has 76 valence electrons. The number of rotatable bonds is 3. The summed E-state index contributed by atoms with van der Waals surface area (Å²) in [7, 11) is 0. The first-order chi connectivity index (χ1) is 6.56. The zero-order valence-electron chi connectivity index (χ0n) is 7.06. The predicted molar refractivity (Wildman–Crippen MR) is 55.4 cm³/mol. The fourth-order valence-electron chi connectivity index (χ4n) is 1.12. The molecule has 1 rings (SSSR count). The summed E-state index contributed by atoms with van der Waals surface area (Å²) in [4.78, 5) is 10.5. The van der Waals surface area contributed by atoms with Gasteiger partial charge in [-0.15, -0.1) is 0 Å². The maximum absolute atomic E-state index is 13.2. The highest BCUT2D eigenvalue weighted by molar-refractivity contribution is 9.08. The van der Waals surface area contributed by atoms with Crippen molar-refractivity contribution >= 4 is 33.5 Å². The Morgan fingerprint density at radius 2 is 2.14 bits per heavy atom. The molecule has 0 saturated carbocycles. The second-order valence-electron chi connectivity index (χ2n) is 2.69. The number of carboxylic acid groups (broad SMARTS) is 1. The molecular formula is C9H7BrClFO2. The van der Waals surface area contributed by atoms with Crippen LogP contribution in [0.4, 0.5) is 4.39 Å². The molecule has 1 aromatic carbocycles. The fourth-order valence-corrected chi connectivity index (χ4v) is 2.17. The van der Waals surface area contributed by atoms with E-state index in [-0.39, 0.29) is 12.0 Å². The topological polar surface area (TPSA) is 37.3 Å². The quantitative estimate of drug-likeness (QED) is 0.865. The zero-order chi connectivity index (χ0) is 10.7. The number of alkyl halides is 1. The summed E-state index contributed by atoms with van der Waals surface area (Å²) in [5.41, 5.74) is 0.635. The van der Waals surface area contributed by atoms with Gasteiger partial charge < -0.3 is 5.11 Å². The van der Waals surface area contributed by atoms with Crippen molar-refractivity contribution < 1.29 is 14.3 Å². The molecule has 0 aromatic heterocycles. The molecule has 0 heterocycles. The smallest absolute Gasteiger partial charge is 0.307 e. The van der Waals surface area contributed by atoms with Crippen LogP contribution in [0.2, 0.25) is 5.02 Å². The largest absolute Gasteiger partial charge is 0.481 e. The molecule has 0 saturated heterocycles. The van der Waals surface area contributed by atoms with E-state index >= 15 is 0 Å². The summed E-state index contributed by atoms with van der Waals surface area (Å²) in [6.07, 6.45) is -0.354. The van der Waals surface area contributed by atoms with Gasteiger partial charge in [-0.3, -0.25) is 4.79 Å². The lowest BCUT2D eigenvalue weighted by Crippen LogP contribution is -2.06. The number of hydrogen-bond donors (Lipinski definition) is 1. The highest BCUT2D eigenvalue weighted by atomic mass is 79.9. The molecule has 5 heteroatoms. The van der Waals surface area contributed by atoms with Crippen LogP contribution >= 0.6 is 27.5 Å². The van der Waals surface area contributed by atoms with E-state index in [0.717, 1.165) is 0 Å². The average molecular weight is 282 g/mol. The summed E-state index contributed by atoms with van der Waals surface area (Å²) >= 11 is 8.93. The first kappa shape index (κ1) is 11.5. The lowest BCUT2D eigenvalue weighted by atomic mass is 10.1. The average Bonchev–Trinajstić information content (AvgIpc) is 2.11. The van der Waals surface area contributed by atoms with Crippen molar-refractivity contribution in [2.24, 2.45) is 0 Å². The van der Waals surface area contributed by atoms with Crippen molar-refractivity contribution in [3.63, 3.8) is 0 Å². The third-order valence-electron chi connectivity index (χ3n) is 1.78. The molecule has 0 aliphatic carbocycles. The van der Waals surface area contributed by atoms with Crippen molar-refractivity contribution in [1.29, 1.82) is 0 Å². The van der Waals surface area contributed by atoms with Gasteiger partial charge in [-0.2, -0.15) is 0 Å². The summed E-state index contributed by atoms with van der Waals surface area (Å²) in [5, 5.41) is 9.29. The van der Waals surface area contributed by atoms with Crippen LogP contribution in [0.5, 0.6) is 0 Å². The minimum atomic E-state index is -1.08. The molecule has 0 bridgehead atoms. The van der Waals surface area contributed by atoms with Crippen LogP contribution in [0.15, 0.2) is 12.1 Å². The van der Waals surface area contributed by atoms with Gasteiger partial charge in [-0.25, -0.2) is 4.39 Å². The summed E-state index contributed by atoms with van der Waals surface area (Å²) in [6.45, 7) is 0. The van der Waals surface area contributed by atoms with Crippen LogP contribution in [0.25, 0.3) is 0 Å². The molecule has 0 radical (unpaired) electrons. The van der Waals surface area contributed by atoms with Crippen LogP contribution < -0.4 is 0 Å². The SMILES string of the molecule is O=C(O)Cc1c(F)ccc(Cl)c1CBr. The number of aliphatic carboxylic acids is 1. The zero-order valence-corrected chi connectivity index (χ0v) is 9.40. The third kappa shape index (κ3) is 2.45. The van der Waals surface area contributed by atoms with E-state index in [2.05, 4.69) is 15.9 Å². The third-order valence-corrected chi connectivity index (χ3v) is 2.69. The molecule has 0 spiro atoms. The minimum absolute atomic E-state index is 0.141. The second kappa shape index (κ2) is 4.75. The van der Waals surface area contributed by atoms with Crippen LogP contribution in [0.1, 0.15) is 11.1 Å². The van der Waals surface area contributed by atoms with Gasteiger partial charge in [0.2, 0.25) is 0 Å². The van der Waals surface area contributed by atoms with Crippen LogP contribution in [0.3, 0.4) is 0 Å². The van der Waals surface area contributed by atoms with Crippen molar-refractivity contribution in [3.8, 4) is 0 Å². The van der Waals surface area contributed by atoms with Gasteiger partial charge in [-0.1, -0.05) is 27.5 Å². The Balaban J connectivity index is 3.22. The molecule has 0 fully saturated rings. The summed E-state index contributed by atoms with van der Waals surface area (Å²) in [6, 6.07) is 2.59. The van der Waals surface area contributed by atoms with Gasteiger partial charge in [0.05, 0.1) is 6.42 Å². The first-order valence-electron chi connectivity index (χ1n) is 3.79. The molecule has 1 aromatic rings. The van der Waals surface area contributed by atoms with Crippen LogP contribution in [0, 0.1) is 5.82 Å². The maximum atomic E-state index is 13.2. The summed E-state index contributed by atoms with van der Waals surface area (Å²) in [5.74, 6) is -1.61. The Morgan fingerprint density at radius 1 is 1.50 bits per heavy atom. The molecule has 0 unspecified atom stereocenters. The van der Waals surface area contributed by atoms with Gasteiger partial charge in [0.15, 0.2) is 0 Å². The monoisotopic (exact) mass is 280 g/mol. The lowest BCUT2D eigenvalue weighted by Gasteiger charge is -2.08. The van der Waals surface area contributed by atoms with E-state index in [0.29, 0.717) is 15.9 Å². The fraction of sp³-hybridized carbons (Fsp3) is 0.222. The lowest BCUT2D eigenvalue weighted by molar-refractivity contribution is -0.136. The minimum Gasteiger partial charge on any atom is -0.481 e. The highest BCUT2D eigenvalue weighted by Gasteiger charge is 2.14. The second-order valence-corrected chi connectivity index (χ2v) is 3.66. The van der Waals surface area contributed by atoms with Crippen LogP contribution in [-0.2, 0) is 16.5 Å². The standard InChI is InChI=1S/C9H7BrClFO2/c10-4-6-5(3-9(13)14)8(12)2-1-7(6)11/h1-2H,3-4H2,(H,13,14). The molecule has 0 aliphatic heterocycles. The molecular weight excluding hydrogens is 274 g/mol. The number of hydrogen-bond acceptors (Lipinski definition) is 1. The van der Waals surface area contributed by atoms with Crippen molar-refractivity contribution in [1.82, 2.24) is 0 Å². The van der Waals surface area contributed by atoms with Gasteiger partial charge in [0.1, 0.15) is 5.82 Å². The van der Waals surface area contributed by atoms with E-state index in [9.17, 15) is 9.18 Å². The Morgan fingerprint density at radius 3 is 2.64 bits per heavy atom.